The summed E-state index contributed by atoms with van der Waals surface area (Å²) in [7, 11) is 0. The quantitative estimate of drug-likeness (QED) is 0.869. The number of nitrogens with one attached hydrogen (secondary N) is 2. The van der Waals surface area contributed by atoms with Gasteiger partial charge < -0.3 is 10.6 Å². The highest BCUT2D eigenvalue weighted by Gasteiger charge is 2.18. The molecule has 0 aliphatic carbocycles. The lowest BCUT2D eigenvalue weighted by atomic mass is 10.2. The molecule has 1 atom stereocenters. The molecule has 0 aromatic heterocycles. The first-order valence-electron chi connectivity index (χ1n) is 5.13. The largest absolute Gasteiger partial charge is 0.348 e. The molecular formula is C11H13BrCl2N2O. The van der Waals surface area contributed by atoms with Gasteiger partial charge in [0.1, 0.15) is 0 Å². The fourth-order valence-electron chi connectivity index (χ4n) is 1.71. The van der Waals surface area contributed by atoms with E-state index < -0.39 is 0 Å². The molecule has 1 aromatic rings. The summed E-state index contributed by atoms with van der Waals surface area (Å²) in [5.41, 5.74) is 0.525. The number of hydrogen-bond donors (Lipinski definition) is 2. The third-order valence-electron chi connectivity index (χ3n) is 2.57. The molecule has 1 fully saturated rings. The van der Waals surface area contributed by atoms with E-state index in [-0.39, 0.29) is 24.4 Å². The zero-order valence-electron chi connectivity index (χ0n) is 9.00. The van der Waals surface area contributed by atoms with Gasteiger partial charge in [-0.1, -0.05) is 27.5 Å². The van der Waals surface area contributed by atoms with Crippen LogP contribution >= 0.6 is 39.9 Å². The molecule has 94 valence electrons. The SMILES string of the molecule is Cl.O=C(NC1CCNC1)c1ccc(Br)cc1Cl. The number of hydrogen-bond acceptors (Lipinski definition) is 2. The molecule has 1 aliphatic heterocycles. The second kappa shape index (κ2) is 6.59. The van der Waals surface area contributed by atoms with Crippen molar-refractivity contribution in [2.45, 2.75) is 12.5 Å². The lowest BCUT2D eigenvalue weighted by Gasteiger charge is -2.12. The van der Waals surface area contributed by atoms with Crippen molar-refractivity contribution in [1.82, 2.24) is 10.6 Å². The van der Waals surface area contributed by atoms with Gasteiger partial charge in [-0.15, -0.1) is 12.4 Å². The summed E-state index contributed by atoms with van der Waals surface area (Å²) >= 11 is 9.31. The smallest absolute Gasteiger partial charge is 0.253 e. The summed E-state index contributed by atoms with van der Waals surface area (Å²) in [6, 6.07) is 5.48. The molecular weight excluding hydrogens is 327 g/mol. The summed E-state index contributed by atoms with van der Waals surface area (Å²) < 4.78 is 0.872. The molecule has 17 heavy (non-hydrogen) atoms. The van der Waals surface area contributed by atoms with Gasteiger partial charge in [-0.25, -0.2) is 0 Å². The van der Waals surface area contributed by atoms with Gasteiger partial charge in [0.2, 0.25) is 0 Å². The molecule has 0 spiro atoms. The van der Waals surface area contributed by atoms with Gasteiger partial charge in [0.05, 0.1) is 10.6 Å². The summed E-state index contributed by atoms with van der Waals surface area (Å²) in [6.07, 6.45) is 0.972. The van der Waals surface area contributed by atoms with E-state index in [2.05, 4.69) is 26.6 Å². The van der Waals surface area contributed by atoms with Gasteiger partial charge in [-0.3, -0.25) is 4.79 Å². The van der Waals surface area contributed by atoms with Crippen LogP contribution in [0, 0.1) is 0 Å². The fourth-order valence-corrected chi connectivity index (χ4v) is 2.47. The van der Waals surface area contributed by atoms with Crippen molar-refractivity contribution in [2.75, 3.05) is 13.1 Å². The van der Waals surface area contributed by atoms with Gasteiger partial charge in [0.25, 0.3) is 5.91 Å². The molecule has 1 saturated heterocycles. The third kappa shape index (κ3) is 3.85. The molecule has 1 amide bonds. The van der Waals surface area contributed by atoms with Crippen molar-refractivity contribution >= 4 is 45.8 Å². The van der Waals surface area contributed by atoms with Crippen LogP contribution in [0.3, 0.4) is 0 Å². The molecule has 1 aromatic carbocycles. The molecule has 0 saturated carbocycles. The number of amides is 1. The topological polar surface area (TPSA) is 41.1 Å². The number of benzene rings is 1. The Kier molecular flexibility index (Phi) is 5.73. The van der Waals surface area contributed by atoms with Crippen LogP contribution in [0.25, 0.3) is 0 Å². The Morgan fingerprint density at radius 2 is 2.29 bits per heavy atom. The van der Waals surface area contributed by atoms with E-state index >= 15 is 0 Å². The lowest BCUT2D eigenvalue weighted by Crippen LogP contribution is -2.36. The first kappa shape index (κ1) is 14.8. The number of carbonyl (C=O) groups is 1. The van der Waals surface area contributed by atoms with Crippen LogP contribution in [0.2, 0.25) is 5.02 Å². The van der Waals surface area contributed by atoms with Gasteiger partial charge in [-0.05, 0) is 31.2 Å². The van der Waals surface area contributed by atoms with E-state index in [9.17, 15) is 4.79 Å². The Morgan fingerprint density at radius 1 is 1.53 bits per heavy atom. The van der Waals surface area contributed by atoms with Crippen molar-refractivity contribution in [1.29, 1.82) is 0 Å². The Balaban J connectivity index is 0.00000144. The summed E-state index contributed by atoms with van der Waals surface area (Å²) in [5.74, 6) is -0.105. The minimum atomic E-state index is -0.105. The third-order valence-corrected chi connectivity index (χ3v) is 3.38. The summed E-state index contributed by atoms with van der Waals surface area (Å²) in [4.78, 5) is 11.9. The molecule has 1 heterocycles. The van der Waals surface area contributed by atoms with Crippen molar-refractivity contribution in [3.63, 3.8) is 0 Å². The zero-order valence-corrected chi connectivity index (χ0v) is 12.2. The van der Waals surface area contributed by atoms with Crippen LogP contribution in [0.1, 0.15) is 16.8 Å². The fraction of sp³-hybridized carbons (Fsp3) is 0.364. The first-order chi connectivity index (χ1) is 7.66. The van der Waals surface area contributed by atoms with E-state index in [0.717, 1.165) is 24.0 Å². The Bertz CT molecular complexity index is 408. The molecule has 1 unspecified atom stereocenters. The number of carbonyl (C=O) groups excluding carboxylic acids is 1. The zero-order chi connectivity index (χ0) is 11.5. The van der Waals surface area contributed by atoms with Crippen LogP contribution in [0.5, 0.6) is 0 Å². The molecule has 6 heteroatoms. The Labute approximate surface area is 120 Å². The standard InChI is InChI=1S/C11H12BrClN2O.ClH/c12-7-1-2-9(10(13)5-7)11(16)15-8-3-4-14-6-8;/h1-2,5,8,14H,3-4,6H2,(H,15,16);1H. The van der Waals surface area contributed by atoms with Crippen molar-refractivity contribution in [3.8, 4) is 0 Å². The first-order valence-corrected chi connectivity index (χ1v) is 6.30. The second-order valence-electron chi connectivity index (χ2n) is 3.79. The maximum absolute atomic E-state index is 11.9. The maximum Gasteiger partial charge on any atom is 0.253 e. The maximum atomic E-state index is 11.9. The predicted octanol–water partition coefficient (Wildman–Crippen LogP) is 2.62. The van der Waals surface area contributed by atoms with E-state index in [4.69, 9.17) is 11.6 Å². The van der Waals surface area contributed by atoms with Crippen molar-refractivity contribution in [3.05, 3.63) is 33.3 Å². The Hall–Kier alpha value is -0.290. The van der Waals surface area contributed by atoms with Crippen molar-refractivity contribution in [2.24, 2.45) is 0 Å². The van der Waals surface area contributed by atoms with Crippen LogP contribution in [0.4, 0.5) is 0 Å². The van der Waals surface area contributed by atoms with Crippen LogP contribution in [-0.2, 0) is 0 Å². The molecule has 2 rings (SSSR count). The normalized spacial score (nSPS) is 18.6. The Morgan fingerprint density at radius 3 is 2.88 bits per heavy atom. The number of rotatable bonds is 2. The monoisotopic (exact) mass is 338 g/mol. The van der Waals surface area contributed by atoms with Crippen LogP contribution in [-0.4, -0.2) is 25.0 Å². The predicted molar refractivity (Wildman–Crippen MR) is 75.1 cm³/mol. The highest BCUT2D eigenvalue weighted by Crippen LogP contribution is 2.21. The summed E-state index contributed by atoms with van der Waals surface area (Å²) in [5, 5.41) is 6.62. The van der Waals surface area contributed by atoms with Gasteiger partial charge >= 0.3 is 0 Å². The highest BCUT2D eigenvalue weighted by atomic mass is 79.9. The molecule has 0 bridgehead atoms. The molecule has 3 nitrogen and oxygen atoms in total. The minimum absolute atomic E-state index is 0. The van der Waals surface area contributed by atoms with Crippen molar-refractivity contribution < 1.29 is 4.79 Å². The lowest BCUT2D eigenvalue weighted by molar-refractivity contribution is 0.0940. The van der Waals surface area contributed by atoms with Crippen LogP contribution in [0.15, 0.2) is 22.7 Å². The van der Waals surface area contributed by atoms with E-state index in [1.165, 1.54) is 0 Å². The average molecular weight is 340 g/mol. The van der Waals surface area contributed by atoms with E-state index in [1.807, 2.05) is 6.07 Å². The van der Waals surface area contributed by atoms with Gasteiger partial charge in [-0.2, -0.15) is 0 Å². The van der Waals surface area contributed by atoms with E-state index in [1.54, 1.807) is 12.1 Å². The highest BCUT2D eigenvalue weighted by molar-refractivity contribution is 9.10. The molecule has 0 radical (unpaired) electrons. The van der Waals surface area contributed by atoms with Gasteiger partial charge in [0, 0.05) is 17.1 Å². The number of halogens is 3. The van der Waals surface area contributed by atoms with E-state index in [0.29, 0.717) is 10.6 Å². The second-order valence-corrected chi connectivity index (χ2v) is 5.11. The minimum Gasteiger partial charge on any atom is -0.348 e. The van der Waals surface area contributed by atoms with Crippen LogP contribution < -0.4 is 10.6 Å². The molecule has 2 N–H and O–H groups in total. The summed E-state index contributed by atoms with van der Waals surface area (Å²) in [6.45, 7) is 1.79. The molecule has 1 aliphatic rings. The average Bonchev–Trinajstić information content (AvgIpc) is 2.70. The van der Waals surface area contributed by atoms with Gasteiger partial charge in [0.15, 0.2) is 0 Å².